The van der Waals surface area contributed by atoms with E-state index in [0.717, 1.165) is 24.5 Å². The molecule has 0 saturated carbocycles. The van der Waals surface area contributed by atoms with Crippen LogP contribution in [0.5, 0.6) is 0 Å². The highest BCUT2D eigenvalue weighted by Gasteiger charge is 2.09. The highest BCUT2D eigenvalue weighted by atomic mass is 15.0. The summed E-state index contributed by atoms with van der Waals surface area (Å²) in [5, 5.41) is 3.48. The first-order valence-corrected chi connectivity index (χ1v) is 7.21. The van der Waals surface area contributed by atoms with E-state index in [9.17, 15) is 0 Å². The zero-order valence-electron chi connectivity index (χ0n) is 13.2. The van der Waals surface area contributed by atoms with Crippen molar-refractivity contribution in [2.24, 2.45) is 0 Å². The molecule has 0 aliphatic carbocycles. The number of nitrogens with zero attached hydrogens (tertiary/aromatic N) is 1. The number of nitrogens with one attached hydrogen (secondary N) is 2. The zero-order valence-corrected chi connectivity index (χ0v) is 13.2. The molecule has 108 valence electrons. The van der Waals surface area contributed by atoms with Crippen molar-refractivity contribution in [3.05, 3.63) is 41.3 Å². The van der Waals surface area contributed by atoms with Crippen LogP contribution in [-0.2, 0) is 6.42 Å². The molecule has 0 aliphatic heterocycles. The van der Waals surface area contributed by atoms with Gasteiger partial charge in [0.25, 0.3) is 0 Å². The van der Waals surface area contributed by atoms with Crippen LogP contribution < -0.4 is 5.32 Å². The van der Waals surface area contributed by atoms with Crippen molar-refractivity contribution in [3.8, 4) is 11.3 Å². The van der Waals surface area contributed by atoms with Gasteiger partial charge >= 0.3 is 0 Å². The van der Waals surface area contributed by atoms with Gasteiger partial charge in [-0.3, -0.25) is 0 Å². The highest BCUT2D eigenvalue weighted by molar-refractivity contribution is 5.60. The third kappa shape index (κ3) is 4.20. The lowest BCUT2D eigenvalue weighted by atomic mass is 10.1. The average Bonchev–Trinajstić information content (AvgIpc) is 2.74. The van der Waals surface area contributed by atoms with Gasteiger partial charge in [-0.1, -0.05) is 17.2 Å². The van der Waals surface area contributed by atoms with Crippen LogP contribution in [0.15, 0.2) is 24.4 Å². The molecule has 2 rings (SSSR count). The maximum Gasteiger partial charge on any atom is 0.107 e. The fourth-order valence-corrected chi connectivity index (χ4v) is 2.32. The Morgan fingerprint density at radius 2 is 1.75 bits per heavy atom. The number of hydrogen-bond donors (Lipinski definition) is 2. The Bertz CT molecular complexity index is 556. The van der Waals surface area contributed by atoms with Gasteiger partial charge in [-0.05, 0) is 46.8 Å². The standard InChI is InChI=1S/C17H25N3/c1-12-8-13(2)10-14(9-12)15-11-18-16(20-15)6-7-19-17(3,4)5/h8-11,19H,6-7H2,1-5H3,(H,18,20). The molecule has 3 heteroatoms. The molecule has 1 heterocycles. The Morgan fingerprint density at radius 1 is 1.10 bits per heavy atom. The first-order chi connectivity index (χ1) is 9.33. The van der Waals surface area contributed by atoms with Crippen LogP contribution in [0.25, 0.3) is 11.3 Å². The second-order valence-corrected chi connectivity index (χ2v) is 6.55. The summed E-state index contributed by atoms with van der Waals surface area (Å²) in [5.74, 6) is 1.04. The molecule has 3 nitrogen and oxygen atoms in total. The Morgan fingerprint density at radius 3 is 2.35 bits per heavy atom. The van der Waals surface area contributed by atoms with E-state index in [1.165, 1.54) is 16.7 Å². The minimum atomic E-state index is 0.156. The topological polar surface area (TPSA) is 40.7 Å². The molecule has 0 saturated heterocycles. The van der Waals surface area contributed by atoms with Gasteiger partial charge in [-0.15, -0.1) is 0 Å². The molecule has 0 spiro atoms. The number of H-pyrrole nitrogens is 1. The van der Waals surface area contributed by atoms with Crippen molar-refractivity contribution >= 4 is 0 Å². The van der Waals surface area contributed by atoms with Gasteiger partial charge in [0.05, 0.1) is 11.9 Å². The molecule has 0 bridgehead atoms. The molecule has 0 atom stereocenters. The van der Waals surface area contributed by atoms with E-state index in [1.807, 2.05) is 6.20 Å². The van der Waals surface area contributed by atoms with Gasteiger partial charge in [-0.25, -0.2) is 4.98 Å². The van der Waals surface area contributed by atoms with Crippen molar-refractivity contribution < 1.29 is 0 Å². The van der Waals surface area contributed by atoms with Gasteiger partial charge in [0, 0.05) is 24.1 Å². The second-order valence-electron chi connectivity index (χ2n) is 6.55. The Kier molecular flexibility index (Phi) is 4.29. The second kappa shape index (κ2) is 5.80. The van der Waals surface area contributed by atoms with Crippen LogP contribution >= 0.6 is 0 Å². The summed E-state index contributed by atoms with van der Waals surface area (Å²) in [7, 11) is 0. The summed E-state index contributed by atoms with van der Waals surface area (Å²) in [6, 6.07) is 6.57. The molecule has 0 radical (unpaired) electrons. The predicted octanol–water partition coefficient (Wildman–Crippen LogP) is 3.62. The lowest BCUT2D eigenvalue weighted by Crippen LogP contribution is -2.37. The maximum absolute atomic E-state index is 4.48. The number of benzene rings is 1. The number of imidazole rings is 1. The van der Waals surface area contributed by atoms with Crippen LogP contribution in [0.4, 0.5) is 0 Å². The van der Waals surface area contributed by atoms with E-state index in [0.29, 0.717) is 0 Å². The lowest BCUT2D eigenvalue weighted by molar-refractivity contribution is 0.427. The van der Waals surface area contributed by atoms with Crippen molar-refractivity contribution in [1.82, 2.24) is 15.3 Å². The van der Waals surface area contributed by atoms with E-state index in [1.54, 1.807) is 0 Å². The van der Waals surface area contributed by atoms with Crippen LogP contribution in [0.3, 0.4) is 0 Å². The van der Waals surface area contributed by atoms with E-state index >= 15 is 0 Å². The van der Waals surface area contributed by atoms with Crippen LogP contribution in [0, 0.1) is 13.8 Å². The fraction of sp³-hybridized carbons (Fsp3) is 0.471. The van der Waals surface area contributed by atoms with E-state index in [2.05, 4.69) is 68.1 Å². The molecule has 1 aromatic carbocycles. The zero-order chi connectivity index (χ0) is 14.8. The number of aromatic amines is 1. The summed E-state index contributed by atoms with van der Waals surface area (Å²) in [5.41, 5.74) is 5.03. The van der Waals surface area contributed by atoms with Gasteiger partial charge in [0.2, 0.25) is 0 Å². The highest BCUT2D eigenvalue weighted by Crippen LogP contribution is 2.20. The summed E-state index contributed by atoms with van der Waals surface area (Å²) in [6.07, 6.45) is 2.85. The van der Waals surface area contributed by atoms with Gasteiger partial charge in [0.15, 0.2) is 0 Å². The van der Waals surface area contributed by atoms with Crippen molar-refractivity contribution in [2.45, 2.75) is 46.6 Å². The molecule has 2 N–H and O–H groups in total. The number of rotatable bonds is 4. The molecule has 0 aliphatic rings. The minimum absolute atomic E-state index is 0.156. The molecule has 0 amide bonds. The molecule has 2 aromatic rings. The monoisotopic (exact) mass is 271 g/mol. The number of aryl methyl sites for hydroxylation is 2. The molecule has 0 unspecified atom stereocenters. The van der Waals surface area contributed by atoms with Gasteiger partial charge in [-0.2, -0.15) is 0 Å². The quantitative estimate of drug-likeness (QED) is 0.891. The largest absolute Gasteiger partial charge is 0.342 e. The number of aromatic nitrogens is 2. The van der Waals surface area contributed by atoms with Gasteiger partial charge < -0.3 is 10.3 Å². The molecule has 0 fully saturated rings. The summed E-state index contributed by atoms with van der Waals surface area (Å²) in [6.45, 7) is 11.7. The summed E-state index contributed by atoms with van der Waals surface area (Å²) in [4.78, 5) is 7.89. The summed E-state index contributed by atoms with van der Waals surface area (Å²) < 4.78 is 0. The number of hydrogen-bond acceptors (Lipinski definition) is 2. The third-order valence-corrected chi connectivity index (χ3v) is 3.18. The van der Waals surface area contributed by atoms with E-state index in [-0.39, 0.29) is 5.54 Å². The van der Waals surface area contributed by atoms with E-state index < -0.39 is 0 Å². The first kappa shape index (κ1) is 14.8. The Labute approximate surface area is 121 Å². The predicted molar refractivity (Wildman–Crippen MR) is 85.0 cm³/mol. The molecular weight excluding hydrogens is 246 g/mol. The summed E-state index contributed by atoms with van der Waals surface area (Å²) >= 11 is 0. The Hall–Kier alpha value is -1.61. The fourth-order valence-electron chi connectivity index (χ4n) is 2.32. The van der Waals surface area contributed by atoms with Crippen molar-refractivity contribution in [3.63, 3.8) is 0 Å². The first-order valence-electron chi connectivity index (χ1n) is 7.21. The van der Waals surface area contributed by atoms with Crippen molar-refractivity contribution in [1.29, 1.82) is 0 Å². The maximum atomic E-state index is 4.48. The van der Waals surface area contributed by atoms with Crippen molar-refractivity contribution in [2.75, 3.05) is 6.54 Å². The van der Waals surface area contributed by atoms with Crippen LogP contribution in [-0.4, -0.2) is 22.1 Å². The SMILES string of the molecule is Cc1cc(C)cc(-c2cnc(CCNC(C)(C)C)[nH]2)c1. The van der Waals surface area contributed by atoms with Crippen LogP contribution in [0.2, 0.25) is 0 Å². The van der Waals surface area contributed by atoms with Gasteiger partial charge in [0.1, 0.15) is 5.82 Å². The third-order valence-electron chi connectivity index (χ3n) is 3.18. The molecule has 1 aromatic heterocycles. The van der Waals surface area contributed by atoms with E-state index in [4.69, 9.17) is 0 Å². The minimum Gasteiger partial charge on any atom is -0.342 e. The lowest BCUT2D eigenvalue weighted by Gasteiger charge is -2.19. The Balaban J connectivity index is 2.05. The molecular formula is C17H25N3. The normalized spacial score (nSPS) is 11.8. The molecule has 20 heavy (non-hydrogen) atoms. The van der Waals surface area contributed by atoms with Crippen LogP contribution in [0.1, 0.15) is 37.7 Å². The average molecular weight is 271 g/mol. The smallest absolute Gasteiger partial charge is 0.107 e.